The van der Waals surface area contributed by atoms with Gasteiger partial charge in [-0.2, -0.15) is 0 Å². The zero-order valence-electron chi connectivity index (χ0n) is 10.9. The SMILES string of the molecule is CN(C)c1cccc(Cl)c1CCc1ccccc1. The second kappa shape index (κ2) is 5.92. The Bertz CT molecular complexity index is 506. The Morgan fingerprint density at radius 1 is 0.889 bits per heavy atom. The smallest absolute Gasteiger partial charge is 0.0458 e. The fourth-order valence-electron chi connectivity index (χ4n) is 2.13. The lowest BCUT2D eigenvalue weighted by Crippen LogP contribution is -2.12. The minimum absolute atomic E-state index is 0.858. The number of rotatable bonds is 4. The van der Waals surface area contributed by atoms with Crippen LogP contribution in [-0.4, -0.2) is 14.1 Å². The molecule has 18 heavy (non-hydrogen) atoms. The molecule has 0 unspecified atom stereocenters. The molecule has 0 spiro atoms. The van der Waals surface area contributed by atoms with Crippen molar-refractivity contribution in [2.45, 2.75) is 12.8 Å². The zero-order valence-corrected chi connectivity index (χ0v) is 11.6. The maximum atomic E-state index is 6.31. The van der Waals surface area contributed by atoms with Crippen LogP contribution in [0.25, 0.3) is 0 Å². The summed E-state index contributed by atoms with van der Waals surface area (Å²) in [5.74, 6) is 0. The first-order valence-corrected chi connectivity index (χ1v) is 6.55. The van der Waals surface area contributed by atoms with Crippen LogP contribution in [0.1, 0.15) is 11.1 Å². The van der Waals surface area contributed by atoms with E-state index in [2.05, 4.69) is 49.3 Å². The predicted octanol–water partition coefficient (Wildman–Crippen LogP) is 4.19. The van der Waals surface area contributed by atoms with Gasteiger partial charge >= 0.3 is 0 Å². The summed E-state index contributed by atoms with van der Waals surface area (Å²) in [5.41, 5.74) is 3.79. The number of anilines is 1. The van der Waals surface area contributed by atoms with Crippen LogP contribution in [0.3, 0.4) is 0 Å². The highest BCUT2D eigenvalue weighted by Crippen LogP contribution is 2.27. The highest BCUT2D eigenvalue weighted by molar-refractivity contribution is 6.31. The van der Waals surface area contributed by atoms with Crippen LogP contribution in [0.4, 0.5) is 5.69 Å². The van der Waals surface area contributed by atoms with E-state index in [-0.39, 0.29) is 0 Å². The largest absolute Gasteiger partial charge is 0.377 e. The molecular weight excluding hydrogens is 242 g/mol. The fraction of sp³-hybridized carbons (Fsp3) is 0.250. The van der Waals surface area contributed by atoms with Gasteiger partial charge in [0.25, 0.3) is 0 Å². The molecule has 94 valence electrons. The second-order valence-electron chi connectivity index (χ2n) is 4.62. The number of hydrogen-bond donors (Lipinski definition) is 0. The number of nitrogens with zero attached hydrogens (tertiary/aromatic N) is 1. The predicted molar refractivity (Wildman–Crippen MR) is 79.6 cm³/mol. The summed E-state index contributed by atoms with van der Waals surface area (Å²) in [4.78, 5) is 2.12. The molecule has 0 radical (unpaired) electrons. The van der Waals surface area contributed by atoms with Gasteiger partial charge in [0.1, 0.15) is 0 Å². The van der Waals surface area contributed by atoms with Gasteiger partial charge in [-0.3, -0.25) is 0 Å². The van der Waals surface area contributed by atoms with Crippen molar-refractivity contribution in [3.63, 3.8) is 0 Å². The molecule has 0 aromatic heterocycles. The van der Waals surface area contributed by atoms with Crippen LogP contribution < -0.4 is 4.90 Å². The Hall–Kier alpha value is -1.47. The molecule has 1 nitrogen and oxygen atoms in total. The third kappa shape index (κ3) is 3.05. The van der Waals surface area contributed by atoms with Crippen molar-refractivity contribution >= 4 is 17.3 Å². The molecule has 2 rings (SSSR count). The van der Waals surface area contributed by atoms with Crippen molar-refractivity contribution in [3.8, 4) is 0 Å². The van der Waals surface area contributed by atoms with Gasteiger partial charge in [-0.1, -0.05) is 48.0 Å². The topological polar surface area (TPSA) is 3.24 Å². The van der Waals surface area contributed by atoms with E-state index < -0.39 is 0 Å². The molecule has 0 bridgehead atoms. The molecule has 0 saturated heterocycles. The van der Waals surface area contributed by atoms with Gasteiger partial charge in [0.2, 0.25) is 0 Å². The summed E-state index contributed by atoms with van der Waals surface area (Å²) in [6, 6.07) is 16.6. The van der Waals surface area contributed by atoms with Crippen LogP contribution >= 0.6 is 11.6 Å². The summed E-state index contributed by atoms with van der Waals surface area (Å²) in [6.45, 7) is 0. The van der Waals surface area contributed by atoms with Gasteiger partial charge in [0, 0.05) is 24.8 Å². The van der Waals surface area contributed by atoms with Crippen molar-refractivity contribution < 1.29 is 0 Å². The Balaban J connectivity index is 2.19. The first-order chi connectivity index (χ1) is 8.68. The Kier molecular flexibility index (Phi) is 4.27. The summed E-state index contributed by atoms with van der Waals surface area (Å²) >= 11 is 6.31. The normalized spacial score (nSPS) is 10.4. The molecule has 0 aliphatic rings. The molecule has 2 aromatic rings. The molecule has 0 N–H and O–H groups in total. The third-order valence-electron chi connectivity index (χ3n) is 3.08. The lowest BCUT2D eigenvalue weighted by molar-refractivity contribution is 0.947. The summed E-state index contributed by atoms with van der Waals surface area (Å²) in [6.07, 6.45) is 1.99. The second-order valence-corrected chi connectivity index (χ2v) is 5.02. The van der Waals surface area contributed by atoms with E-state index in [0.29, 0.717) is 0 Å². The summed E-state index contributed by atoms with van der Waals surface area (Å²) < 4.78 is 0. The van der Waals surface area contributed by atoms with E-state index >= 15 is 0 Å². The molecule has 0 atom stereocenters. The molecule has 0 aliphatic carbocycles. The van der Waals surface area contributed by atoms with Crippen LogP contribution in [0, 0.1) is 0 Å². The maximum Gasteiger partial charge on any atom is 0.0458 e. The van der Waals surface area contributed by atoms with Crippen molar-refractivity contribution in [1.29, 1.82) is 0 Å². The average Bonchev–Trinajstić information content (AvgIpc) is 2.38. The first kappa shape index (κ1) is 13.0. The molecule has 0 aliphatic heterocycles. The molecule has 2 heteroatoms. The van der Waals surface area contributed by atoms with Crippen LogP contribution in [0.5, 0.6) is 0 Å². The Morgan fingerprint density at radius 2 is 1.61 bits per heavy atom. The average molecular weight is 260 g/mol. The number of halogens is 1. The fourth-order valence-corrected chi connectivity index (χ4v) is 2.39. The van der Waals surface area contributed by atoms with Crippen molar-refractivity contribution in [1.82, 2.24) is 0 Å². The maximum absolute atomic E-state index is 6.31. The van der Waals surface area contributed by atoms with Gasteiger partial charge < -0.3 is 4.90 Å². The van der Waals surface area contributed by atoms with E-state index in [9.17, 15) is 0 Å². The molecule has 2 aromatic carbocycles. The van der Waals surface area contributed by atoms with Gasteiger partial charge in [-0.15, -0.1) is 0 Å². The summed E-state index contributed by atoms with van der Waals surface area (Å²) in [7, 11) is 4.11. The third-order valence-corrected chi connectivity index (χ3v) is 3.44. The van der Waals surface area contributed by atoms with Crippen LogP contribution in [0.2, 0.25) is 5.02 Å². The molecule has 0 saturated carbocycles. The van der Waals surface area contributed by atoms with E-state index in [1.54, 1.807) is 0 Å². The highest BCUT2D eigenvalue weighted by atomic mass is 35.5. The zero-order chi connectivity index (χ0) is 13.0. The van der Waals surface area contributed by atoms with Crippen LogP contribution in [-0.2, 0) is 12.8 Å². The highest BCUT2D eigenvalue weighted by Gasteiger charge is 2.08. The number of benzene rings is 2. The van der Waals surface area contributed by atoms with Crippen molar-refractivity contribution in [2.75, 3.05) is 19.0 Å². The Labute approximate surface area is 114 Å². The quantitative estimate of drug-likeness (QED) is 0.796. The monoisotopic (exact) mass is 259 g/mol. The van der Waals surface area contributed by atoms with Gasteiger partial charge in [-0.25, -0.2) is 0 Å². The van der Waals surface area contributed by atoms with Crippen molar-refractivity contribution in [2.24, 2.45) is 0 Å². The minimum atomic E-state index is 0.858. The van der Waals surface area contributed by atoms with E-state index in [1.807, 2.05) is 18.2 Å². The standard InChI is InChI=1S/C16H18ClN/c1-18(2)16-10-6-9-15(17)14(16)12-11-13-7-4-3-5-8-13/h3-10H,11-12H2,1-2H3. The lowest BCUT2D eigenvalue weighted by atomic mass is 10.0. The van der Waals surface area contributed by atoms with E-state index in [0.717, 1.165) is 17.9 Å². The van der Waals surface area contributed by atoms with Crippen molar-refractivity contribution in [3.05, 3.63) is 64.7 Å². The molecular formula is C16H18ClN. The molecule has 0 amide bonds. The van der Waals surface area contributed by atoms with E-state index in [1.165, 1.54) is 16.8 Å². The first-order valence-electron chi connectivity index (χ1n) is 6.17. The summed E-state index contributed by atoms with van der Waals surface area (Å²) in [5, 5.41) is 0.858. The number of aryl methyl sites for hydroxylation is 1. The molecule has 0 heterocycles. The van der Waals surface area contributed by atoms with Gasteiger partial charge in [0.15, 0.2) is 0 Å². The van der Waals surface area contributed by atoms with Gasteiger partial charge in [-0.05, 0) is 36.1 Å². The minimum Gasteiger partial charge on any atom is -0.377 e. The van der Waals surface area contributed by atoms with E-state index in [4.69, 9.17) is 11.6 Å². The lowest BCUT2D eigenvalue weighted by Gasteiger charge is -2.18. The Morgan fingerprint density at radius 3 is 2.28 bits per heavy atom. The van der Waals surface area contributed by atoms with Crippen LogP contribution in [0.15, 0.2) is 48.5 Å². The molecule has 0 fully saturated rings. The van der Waals surface area contributed by atoms with Gasteiger partial charge in [0.05, 0.1) is 0 Å². The number of hydrogen-bond acceptors (Lipinski definition) is 1.